The van der Waals surface area contributed by atoms with Gasteiger partial charge in [-0.05, 0) is 36.4 Å². The SMILES string of the molecule is NS(=O)(=O)c1ccccc1NC(=O)c1c(O)c2ccccc2n(Cc2ccccn2)c1=O. The highest BCUT2D eigenvalue weighted by molar-refractivity contribution is 7.89. The first-order valence-corrected chi connectivity index (χ1v) is 11.0. The first-order chi connectivity index (χ1) is 15.3. The van der Waals surface area contributed by atoms with E-state index in [-0.39, 0.29) is 22.5 Å². The number of primary sulfonamides is 1. The average molecular weight is 450 g/mol. The molecule has 1 amide bonds. The average Bonchev–Trinajstić information content (AvgIpc) is 2.77. The van der Waals surface area contributed by atoms with Gasteiger partial charge >= 0.3 is 0 Å². The molecule has 0 unspecified atom stereocenters. The number of sulfonamides is 1. The number of nitrogens with zero attached hydrogens (tertiary/aromatic N) is 2. The summed E-state index contributed by atoms with van der Waals surface area (Å²) in [5.41, 5.74) is -0.386. The Hall–Kier alpha value is -4.02. The number of nitrogens with two attached hydrogens (primary N) is 1. The number of aromatic hydroxyl groups is 1. The Kier molecular flexibility index (Phi) is 5.47. The number of nitrogens with one attached hydrogen (secondary N) is 1. The number of aromatic nitrogens is 2. The smallest absolute Gasteiger partial charge is 0.268 e. The number of carbonyl (C=O) groups excluding carboxylic acids is 1. The third kappa shape index (κ3) is 3.96. The highest BCUT2D eigenvalue weighted by Crippen LogP contribution is 2.28. The molecule has 0 fully saturated rings. The number of para-hydroxylation sites is 2. The number of fused-ring (bicyclic) bond motifs is 1. The first-order valence-electron chi connectivity index (χ1n) is 9.45. The highest BCUT2D eigenvalue weighted by Gasteiger charge is 2.24. The lowest BCUT2D eigenvalue weighted by atomic mass is 10.1. The maximum Gasteiger partial charge on any atom is 0.268 e. The maximum atomic E-state index is 13.3. The van der Waals surface area contributed by atoms with Crippen molar-refractivity contribution in [1.82, 2.24) is 9.55 Å². The molecule has 2 aromatic heterocycles. The molecule has 2 heterocycles. The molecule has 162 valence electrons. The van der Waals surface area contributed by atoms with Crippen LogP contribution in [0, 0.1) is 0 Å². The van der Waals surface area contributed by atoms with Crippen molar-refractivity contribution in [2.45, 2.75) is 11.4 Å². The van der Waals surface area contributed by atoms with Crippen LogP contribution in [0.3, 0.4) is 0 Å². The van der Waals surface area contributed by atoms with E-state index in [1.807, 2.05) is 0 Å². The van der Waals surface area contributed by atoms with E-state index in [4.69, 9.17) is 5.14 Å². The van der Waals surface area contributed by atoms with Crippen LogP contribution in [0.5, 0.6) is 5.75 Å². The van der Waals surface area contributed by atoms with E-state index in [1.54, 1.807) is 48.7 Å². The van der Waals surface area contributed by atoms with Gasteiger partial charge in [-0.3, -0.25) is 14.6 Å². The zero-order chi connectivity index (χ0) is 22.9. The minimum atomic E-state index is -4.13. The van der Waals surface area contributed by atoms with E-state index in [1.165, 1.54) is 28.8 Å². The van der Waals surface area contributed by atoms with Gasteiger partial charge in [0, 0.05) is 11.6 Å². The highest BCUT2D eigenvalue weighted by atomic mass is 32.2. The summed E-state index contributed by atoms with van der Waals surface area (Å²) in [6.45, 7) is 0.0640. The Morgan fingerprint density at radius 2 is 1.72 bits per heavy atom. The van der Waals surface area contributed by atoms with Gasteiger partial charge in [-0.2, -0.15) is 0 Å². The molecule has 0 bridgehead atoms. The van der Waals surface area contributed by atoms with E-state index in [9.17, 15) is 23.1 Å². The molecule has 0 aliphatic rings. The van der Waals surface area contributed by atoms with Crippen LogP contribution in [0.4, 0.5) is 5.69 Å². The fourth-order valence-electron chi connectivity index (χ4n) is 3.41. The first kappa shape index (κ1) is 21.2. The Morgan fingerprint density at radius 3 is 2.44 bits per heavy atom. The van der Waals surface area contributed by atoms with E-state index in [2.05, 4.69) is 10.3 Å². The molecule has 0 radical (unpaired) electrons. The molecule has 0 aliphatic carbocycles. The predicted molar refractivity (Wildman–Crippen MR) is 119 cm³/mol. The zero-order valence-electron chi connectivity index (χ0n) is 16.6. The van der Waals surface area contributed by atoms with Crippen molar-refractivity contribution in [1.29, 1.82) is 0 Å². The monoisotopic (exact) mass is 450 g/mol. The lowest BCUT2D eigenvalue weighted by Crippen LogP contribution is -2.30. The lowest BCUT2D eigenvalue weighted by Gasteiger charge is -2.15. The third-order valence-electron chi connectivity index (χ3n) is 4.86. The summed E-state index contributed by atoms with van der Waals surface area (Å²) in [4.78, 5) is 30.2. The molecule has 0 aliphatic heterocycles. The minimum absolute atomic E-state index is 0.0640. The van der Waals surface area contributed by atoms with Crippen molar-refractivity contribution < 1.29 is 18.3 Å². The Bertz CT molecular complexity index is 1500. The molecule has 0 saturated heterocycles. The van der Waals surface area contributed by atoms with Crippen molar-refractivity contribution in [2.75, 3.05) is 5.32 Å². The van der Waals surface area contributed by atoms with Crippen LogP contribution in [0.25, 0.3) is 10.9 Å². The van der Waals surface area contributed by atoms with Gasteiger partial charge in [0.2, 0.25) is 10.0 Å². The molecule has 4 rings (SSSR count). The third-order valence-corrected chi connectivity index (χ3v) is 5.83. The van der Waals surface area contributed by atoms with Gasteiger partial charge in [0.15, 0.2) is 0 Å². The summed E-state index contributed by atoms with van der Waals surface area (Å²) < 4.78 is 25.0. The number of hydrogen-bond acceptors (Lipinski definition) is 6. The summed E-state index contributed by atoms with van der Waals surface area (Å²) >= 11 is 0. The number of carbonyl (C=O) groups is 1. The van der Waals surface area contributed by atoms with Crippen molar-refractivity contribution >= 4 is 32.5 Å². The van der Waals surface area contributed by atoms with Gasteiger partial charge in [-0.15, -0.1) is 0 Å². The number of anilines is 1. The van der Waals surface area contributed by atoms with Crippen molar-refractivity contribution in [2.24, 2.45) is 5.14 Å². The van der Waals surface area contributed by atoms with Crippen molar-refractivity contribution in [3.63, 3.8) is 0 Å². The number of pyridine rings is 2. The molecule has 0 atom stereocenters. The van der Waals surface area contributed by atoms with Crippen LogP contribution in [0.1, 0.15) is 16.1 Å². The summed E-state index contributed by atoms with van der Waals surface area (Å²) in [6.07, 6.45) is 1.58. The number of rotatable bonds is 5. The normalized spacial score (nSPS) is 11.4. The van der Waals surface area contributed by atoms with Crippen LogP contribution in [0.15, 0.2) is 82.6 Å². The second-order valence-corrected chi connectivity index (χ2v) is 8.48. The summed E-state index contributed by atoms with van der Waals surface area (Å²) in [5.74, 6) is -1.47. The van der Waals surface area contributed by atoms with Gasteiger partial charge < -0.3 is 15.0 Å². The molecule has 10 heteroatoms. The van der Waals surface area contributed by atoms with Gasteiger partial charge in [-0.25, -0.2) is 13.6 Å². The summed E-state index contributed by atoms with van der Waals surface area (Å²) in [6, 6.07) is 17.4. The van der Waals surface area contributed by atoms with E-state index in [0.29, 0.717) is 11.2 Å². The van der Waals surface area contributed by atoms with Crippen LogP contribution in [-0.2, 0) is 16.6 Å². The molecule has 9 nitrogen and oxygen atoms in total. The van der Waals surface area contributed by atoms with Crippen LogP contribution in [0.2, 0.25) is 0 Å². The van der Waals surface area contributed by atoms with Crippen molar-refractivity contribution in [3.8, 4) is 5.75 Å². The Balaban J connectivity index is 1.87. The quantitative estimate of drug-likeness (QED) is 0.424. The summed E-state index contributed by atoms with van der Waals surface area (Å²) in [7, 11) is -4.13. The second-order valence-electron chi connectivity index (χ2n) is 6.95. The summed E-state index contributed by atoms with van der Waals surface area (Å²) in [5, 5.41) is 18.6. The molecular formula is C22H18N4O5S. The van der Waals surface area contributed by atoms with Crippen LogP contribution >= 0.6 is 0 Å². The van der Waals surface area contributed by atoms with E-state index in [0.717, 1.165) is 0 Å². The molecule has 4 aromatic rings. The topological polar surface area (TPSA) is 144 Å². The molecule has 2 aromatic carbocycles. The second kappa shape index (κ2) is 8.25. The number of hydrogen-bond donors (Lipinski definition) is 3. The fourth-order valence-corrected chi connectivity index (χ4v) is 4.10. The fraction of sp³-hybridized carbons (Fsp3) is 0.0455. The van der Waals surface area contributed by atoms with E-state index < -0.39 is 32.8 Å². The largest absolute Gasteiger partial charge is 0.506 e. The molecule has 32 heavy (non-hydrogen) atoms. The van der Waals surface area contributed by atoms with Crippen LogP contribution < -0.4 is 16.0 Å². The van der Waals surface area contributed by atoms with Crippen molar-refractivity contribution in [3.05, 3.63) is 94.5 Å². The van der Waals surface area contributed by atoms with Gasteiger partial charge in [-0.1, -0.05) is 30.3 Å². The van der Waals surface area contributed by atoms with Gasteiger partial charge in [0.1, 0.15) is 16.2 Å². The molecule has 0 saturated carbocycles. The predicted octanol–water partition coefficient (Wildman–Crippen LogP) is 2.05. The van der Waals surface area contributed by atoms with E-state index >= 15 is 0 Å². The standard InChI is InChI=1S/C22H18N4O5S/c23-32(30,31)18-11-4-2-9-16(18)25-21(28)19-20(27)15-8-1-3-10-17(15)26(22(19)29)13-14-7-5-6-12-24-14/h1-12,27H,13H2,(H,25,28)(H2,23,30,31). The molecule has 0 spiro atoms. The Morgan fingerprint density at radius 1 is 1.03 bits per heavy atom. The molecular weight excluding hydrogens is 432 g/mol. The number of amides is 1. The minimum Gasteiger partial charge on any atom is -0.506 e. The maximum absolute atomic E-state index is 13.3. The van der Waals surface area contributed by atoms with Crippen LogP contribution in [-0.4, -0.2) is 29.0 Å². The zero-order valence-corrected chi connectivity index (χ0v) is 17.4. The van der Waals surface area contributed by atoms with Gasteiger partial charge in [0.25, 0.3) is 11.5 Å². The Labute approximate surface area is 182 Å². The number of benzene rings is 2. The molecule has 4 N–H and O–H groups in total. The lowest BCUT2D eigenvalue weighted by molar-refractivity contribution is 0.102. The van der Waals surface area contributed by atoms with Gasteiger partial charge in [0.05, 0.1) is 23.4 Å².